The summed E-state index contributed by atoms with van der Waals surface area (Å²) < 4.78 is 13.0. The molecule has 1 atom stereocenters. The van der Waals surface area contributed by atoms with Gasteiger partial charge in [-0.15, -0.1) is 0 Å². The average Bonchev–Trinajstić information content (AvgIpc) is 2.60. The minimum absolute atomic E-state index is 0.179. The van der Waals surface area contributed by atoms with Crippen LogP contribution in [-0.2, 0) is 0 Å². The number of hydrogen-bond acceptors (Lipinski definition) is 6. The number of aromatic nitrogens is 4. The quantitative estimate of drug-likeness (QED) is 0.661. The fourth-order valence-electron chi connectivity index (χ4n) is 2.21. The van der Waals surface area contributed by atoms with Crippen LogP contribution in [0.3, 0.4) is 0 Å². The van der Waals surface area contributed by atoms with Crippen molar-refractivity contribution in [2.45, 2.75) is 19.9 Å². The third kappa shape index (κ3) is 3.97. The summed E-state index contributed by atoms with van der Waals surface area (Å²) in [6, 6.07) is 6.15. The first-order valence-electron chi connectivity index (χ1n) is 7.69. The van der Waals surface area contributed by atoms with Crippen LogP contribution in [0.4, 0.5) is 21.8 Å². The molecule has 3 aromatic rings. The lowest BCUT2D eigenvalue weighted by Gasteiger charge is -2.16. The molecule has 0 aromatic carbocycles. The van der Waals surface area contributed by atoms with Gasteiger partial charge in [-0.3, -0.25) is 9.78 Å². The summed E-state index contributed by atoms with van der Waals surface area (Å²) in [5.41, 5.74) is 1.62. The minimum atomic E-state index is -0.381. The molecule has 0 saturated carbocycles. The lowest BCUT2D eigenvalue weighted by molar-refractivity contribution is 0.617. The van der Waals surface area contributed by atoms with Crippen molar-refractivity contribution in [3.8, 4) is 0 Å². The summed E-state index contributed by atoms with van der Waals surface area (Å²) in [5.74, 6) is 0.515. The first kappa shape index (κ1) is 16.6. The Balaban J connectivity index is 1.81. The fourth-order valence-corrected chi connectivity index (χ4v) is 2.21. The molecule has 0 fully saturated rings. The van der Waals surface area contributed by atoms with Crippen LogP contribution in [0, 0.1) is 12.7 Å². The zero-order valence-corrected chi connectivity index (χ0v) is 13.7. The number of aryl methyl sites for hydroxylation is 1. The summed E-state index contributed by atoms with van der Waals surface area (Å²) in [6.45, 7) is 3.77. The SMILES string of the molecule is Cc1cnc(Nc2ccc[nH]c2=O)nc1N[C@@H](C)c1ccc(F)cn1. The molecule has 0 spiro atoms. The lowest BCUT2D eigenvalue weighted by Crippen LogP contribution is -2.14. The van der Waals surface area contributed by atoms with Crippen LogP contribution in [0.2, 0.25) is 0 Å². The maximum Gasteiger partial charge on any atom is 0.271 e. The van der Waals surface area contributed by atoms with Crippen LogP contribution in [0.1, 0.15) is 24.2 Å². The largest absolute Gasteiger partial charge is 0.362 e. The highest BCUT2D eigenvalue weighted by Crippen LogP contribution is 2.20. The van der Waals surface area contributed by atoms with Gasteiger partial charge in [0.1, 0.15) is 17.3 Å². The first-order chi connectivity index (χ1) is 12.0. The smallest absolute Gasteiger partial charge is 0.271 e. The molecular formula is C17H17FN6O. The maximum atomic E-state index is 13.0. The second kappa shape index (κ2) is 7.08. The molecule has 3 N–H and O–H groups in total. The van der Waals surface area contributed by atoms with Gasteiger partial charge in [-0.1, -0.05) is 0 Å². The normalized spacial score (nSPS) is 11.8. The van der Waals surface area contributed by atoms with Gasteiger partial charge in [0.2, 0.25) is 5.95 Å². The zero-order chi connectivity index (χ0) is 17.8. The molecule has 0 aliphatic rings. The monoisotopic (exact) mass is 340 g/mol. The number of pyridine rings is 2. The van der Waals surface area contributed by atoms with E-state index in [0.717, 1.165) is 5.56 Å². The van der Waals surface area contributed by atoms with Crippen LogP contribution in [0.15, 0.2) is 47.7 Å². The van der Waals surface area contributed by atoms with Crippen molar-refractivity contribution in [1.82, 2.24) is 19.9 Å². The Morgan fingerprint density at radius 2 is 2.04 bits per heavy atom. The van der Waals surface area contributed by atoms with Gasteiger partial charge in [-0.05, 0) is 38.1 Å². The summed E-state index contributed by atoms with van der Waals surface area (Å²) in [7, 11) is 0. The number of H-pyrrole nitrogens is 1. The number of hydrogen-bond donors (Lipinski definition) is 3. The van der Waals surface area contributed by atoms with Crippen molar-refractivity contribution in [3.63, 3.8) is 0 Å². The van der Waals surface area contributed by atoms with E-state index in [2.05, 4.69) is 30.6 Å². The van der Waals surface area contributed by atoms with Crippen molar-refractivity contribution in [3.05, 3.63) is 70.3 Å². The zero-order valence-electron chi connectivity index (χ0n) is 13.7. The van der Waals surface area contributed by atoms with Crippen molar-refractivity contribution in [1.29, 1.82) is 0 Å². The lowest BCUT2D eigenvalue weighted by atomic mass is 10.2. The van der Waals surface area contributed by atoms with Crippen molar-refractivity contribution in [2.24, 2.45) is 0 Å². The van der Waals surface area contributed by atoms with E-state index in [1.807, 2.05) is 13.8 Å². The molecule has 7 nitrogen and oxygen atoms in total. The Kier molecular flexibility index (Phi) is 4.69. The van der Waals surface area contributed by atoms with E-state index >= 15 is 0 Å². The van der Waals surface area contributed by atoms with E-state index in [-0.39, 0.29) is 17.4 Å². The summed E-state index contributed by atoms with van der Waals surface area (Å²) >= 11 is 0. The third-order valence-electron chi connectivity index (χ3n) is 3.58. The topological polar surface area (TPSA) is 95.6 Å². The van der Waals surface area contributed by atoms with Gasteiger partial charge in [-0.25, -0.2) is 9.37 Å². The Morgan fingerprint density at radius 3 is 2.76 bits per heavy atom. The Morgan fingerprint density at radius 1 is 1.20 bits per heavy atom. The van der Waals surface area contributed by atoms with E-state index in [1.54, 1.807) is 30.6 Å². The predicted molar refractivity (Wildman–Crippen MR) is 93.3 cm³/mol. The molecule has 0 radical (unpaired) electrons. The molecule has 0 bridgehead atoms. The van der Waals surface area contributed by atoms with E-state index in [4.69, 9.17) is 0 Å². The molecule has 128 valence electrons. The summed E-state index contributed by atoms with van der Waals surface area (Å²) in [5, 5.41) is 6.11. The van der Waals surface area contributed by atoms with Gasteiger partial charge in [0.05, 0.1) is 17.9 Å². The van der Waals surface area contributed by atoms with Gasteiger partial charge in [0, 0.05) is 18.0 Å². The predicted octanol–water partition coefficient (Wildman–Crippen LogP) is 2.92. The second-order valence-electron chi connectivity index (χ2n) is 5.53. The Hall–Kier alpha value is -3.29. The van der Waals surface area contributed by atoms with E-state index in [0.29, 0.717) is 23.1 Å². The van der Waals surface area contributed by atoms with Crippen LogP contribution >= 0.6 is 0 Å². The van der Waals surface area contributed by atoms with Crippen LogP contribution < -0.4 is 16.2 Å². The van der Waals surface area contributed by atoms with Crippen molar-refractivity contribution >= 4 is 17.5 Å². The molecule has 0 amide bonds. The van der Waals surface area contributed by atoms with Crippen molar-refractivity contribution < 1.29 is 4.39 Å². The Bertz CT molecular complexity index is 925. The van der Waals surface area contributed by atoms with Gasteiger partial charge in [0.25, 0.3) is 5.56 Å². The number of halogens is 1. The van der Waals surface area contributed by atoms with E-state index in [9.17, 15) is 9.18 Å². The highest BCUT2D eigenvalue weighted by atomic mass is 19.1. The molecule has 3 heterocycles. The summed E-state index contributed by atoms with van der Waals surface area (Å²) in [6.07, 6.45) is 4.38. The van der Waals surface area contributed by atoms with Crippen LogP contribution in [0.5, 0.6) is 0 Å². The van der Waals surface area contributed by atoms with Gasteiger partial charge in [-0.2, -0.15) is 4.98 Å². The molecule has 25 heavy (non-hydrogen) atoms. The first-order valence-corrected chi connectivity index (χ1v) is 7.69. The molecule has 0 aliphatic carbocycles. The number of rotatable bonds is 5. The highest BCUT2D eigenvalue weighted by Gasteiger charge is 2.11. The Labute approximate surface area is 143 Å². The molecule has 3 aromatic heterocycles. The molecule has 0 unspecified atom stereocenters. The average molecular weight is 340 g/mol. The highest BCUT2D eigenvalue weighted by molar-refractivity contribution is 5.55. The summed E-state index contributed by atoms with van der Waals surface area (Å²) in [4.78, 5) is 27.0. The van der Waals surface area contributed by atoms with Crippen LogP contribution in [0.25, 0.3) is 0 Å². The fraction of sp³-hybridized carbons (Fsp3) is 0.176. The number of aromatic amines is 1. The maximum absolute atomic E-state index is 13.0. The molecule has 0 aliphatic heterocycles. The van der Waals surface area contributed by atoms with Gasteiger partial charge in [0.15, 0.2) is 0 Å². The van der Waals surface area contributed by atoms with Gasteiger partial charge >= 0.3 is 0 Å². The number of anilines is 3. The molecular weight excluding hydrogens is 323 g/mol. The molecule has 3 rings (SSSR count). The molecule has 8 heteroatoms. The van der Waals surface area contributed by atoms with E-state index < -0.39 is 0 Å². The van der Waals surface area contributed by atoms with Crippen LogP contribution in [-0.4, -0.2) is 19.9 Å². The van der Waals surface area contributed by atoms with E-state index in [1.165, 1.54) is 12.3 Å². The molecule has 0 saturated heterocycles. The number of nitrogens with one attached hydrogen (secondary N) is 3. The van der Waals surface area contributed by atoms with Gasteiger partial charge < -0.3 is 15.6 Å². The standard InChI is InChI=1S/C17H17FN6O/c1-10-8-21-17(23-14-4-3-7-19-16(14)25)24-15(10)22-11(2)13-6-5-12(18)9-20-13/h3-9,11H,1-2H3,(H,19,25)(H2,21,22,23,24)/t11-/m0/s1. The third-order valence-corrected chi connectivity index (χ3v) is 3.58. The second-order valence-corrected chi connectivity index (χ2v) is 5.53. The number of nitrogens with zero attached hydrogens (tertiary/aromatic N) is 3. The minimum Gasteiger partial charge on any atom is -0.362 e. The van der Waals surface area contributed by atoms with Crippen molar-refractivity contribution in [2.75, 3.05) is 10.6 Å².